The van der Waals surface area contributed by atoms with Gasteiger partial charge in [-0.05, 0) is 12.8 Å². The van der Waals surface area contributed by atoms with Crippen LogP contribution in [0.4, 0.5) is 0 Å². The monoisotopic (exact) mass is 337 g/mol. The van der Waals surface area contributed by atoms with Gasteiger partial charge < -0.3 is 19.9 Å². The molecule has 134 valence electrons. The van der Waals surface area contributed by atoms with Crippen LogP contribution in [-0.2, 0) is 22.5 Å². The molecule has 2 aliphatic rings. The number of rotatable bonds is 5. The molecule has 0 spiro atoms. The molecule has 8 nitrogen and oxygen atoms in total. The minimum Gasteiger partial charge on any atom is -0.381 e. The average molecular weight is 337 g/mol. The van der Waals surface area contributed by atoms with Crippen LogP contribution in [0.2, 0.25) is 0 Å². The lowest BCUT2D eigenvalue weighted by Gasteiger charge is -2.42. The number of carbonyl (C=O) groups excluding carboxylic acids is 1. The summed E-state index contributed by atoms with van der Waals surface area (Å²) < 4.78 is 10.5. The summed E-state index contributed by atoms with van der Waals surface area (Å²) in [6.07, 6.45) is 2.20. The van der Waals surface area contributed by atoms with Crippen molar-refractivity contribution in [1.29, 1.82) is 0 Å². The number of ether oxygens (including phenoxy) is 1. The van der Waals surface area contributed by atoms with Crippen LogP contribution in [0, 0.1) is 5.41 Å². The van der Waals surface area contributed by atoms with Crippen LogP contribution in [0.1, 0.15) is 31.5 Å². The Morgan fingerprint density at radius 3 is 2.54 bits per heavy atom. The van der Waals surface area contributed by atoms with Crippen molar-refractivity contribution in [3.8, 4) is 0 Å². The van der Waals surface area contributed by atoms with Gasteiger partial charge in [0, 0.05) is 52.4 Å². The largest absolute Gasteiger partial charge is 0.381 e. The van der Waals surface area contributed by atoms with Gasteiger partial charge in [0.1, 0.15) is 0 Å². The first kappa shape index (κ1) is 17.3. The van der Waals surface area contributed by atoms with Gasteiger partial charge in [-0.15, -0.1) is 0 Å². The van der Waals surface area contributed by atoms with Crippen molar-refractivity contribution in [3.05, 3.63) is 11.7 Å². The van der Waals surface area contributed by atoms with Crippen molar-refractivity contribution in [3.63, 3.8) is 0 Å². The molecule has 3 rings (SSSR count). The first-order valence-corrected chi connectivity index (χ1v) is 8.78. The standard InChI is InChI=1S/C16H27N5O3/c1-2-14-18-13(19-24-14)11-20-5-7-21(8-6-20)15(22)16(12-17)3-9-23-10-4-16/h2-12,17H2,1H3. The number of hydrogen-bond acceptors (Lipinski definition) is 7. The molecule has 1 aromatic rings. The lowest BCUT2D eigenvalue weighted by atomic mass is 9.78. The Bertz CT molecular complexity index is 548. The number of amides is 1. The number of aromatic nitrogens is 2. The molecule has 0 aromatic carbocycles. The van der Waals surface area contributed by atoms with Gasteiger partial charge in [0.2, 0.25) is 11.8 Å². The molecule has 0 aliphatic carbocycles. The molecular weight excluding hydrogens is 310 g/mol. The van der Waals surface area contributed by atoms with Crippen molar-refractivity contribution < 1.29 is 14.1 Å². The fraction of sp³-hybridized carbons (Fsp3) is 0.812. The van der Waals surface area contributed by atoms with Gasteiger partial charge in [0.25, 0.3) is 0 Å². The van der Waals surface area contributed by atoms with Crippen LogP contribution in [0.15, 0.2) is 4.52 Å². The topological polar surface area (TPSA) is 97.7 Å². The van der Waals surface area contributed by atoms with E-state index in [1.807, 2.05) is 11.8 Å². The summed E-state index contributed by atoms with van der Waals surface area (Å²) in [4.78, 5) is 21.5. The zero-order valence-electron chi connectivity index (χ0n) is 14.4. The molecule has 0 atom stereocenters. The molecule has 24 heavy (non-hydrogen) atoms. The van der Waals surface area contributed by atoms with E-state index < -0.39 is 5.41 Å². The van der Waals surface area contributed by atoms with E-state index in [0.717, 1.165) is 51.3 Å². The Labute approximate surface area is 142 Å². The fourth-order valence-corrected chi connectivity index (χ4v) is 3.41. The molecular formula is C16H27N5O3. The molecule has 2 N–H and O–H groups in total. The van der Waals surface area contributed by atoms with Crippen LogP contribution in [-0.4, -0.2) is 71.8 Å². The van der Waals surface area contributed by atoms with Gasteiger partial charge in [-0.1, -0.05) is 12.1 Å². The second-order valence-electron chi connectivity index (χ2n) is 6.62. The molecule has 1 amide bonds. The Kier molecular flexibility index (Phi) is 5.47. The van der Waals surface area contributed by atoms with E-state index in [1.54, 1.807) is 0 Å². The Hall–Kier alpha value is -1.51. The quantitative estimate of drug-likeness (QED) is 0.809. The first-order chi connectivity index (χ1) is 11.7. The molecule has 8 heteroatoms. The van der Waals surface area contributed by atoms with E-state index in [2.05, 4.69) is 15.0 Å². The number of nitrogens with zero attached hydrogens (tertiary/aromatic N) is 4. The van der Waals surface area contributed by atoms with Gasteiger partial charge in [-0.25, -0.2) is 0 Å². The van der Waals surface area contributed by atoms with E-state index >= 15 is 0 Å². The lowest BCUT2D eigenvalue weighted by molar-refractivity contribution is -0.149. The van der Waals surface area contributed by atoms with Crippen molar-refractivity contribution in [2.24, 2.45) is 11.1 Å². The van der Waals surface area contributed by atoms with Gasteiger partial charge in [0.05, 0.1) is 12.0 Å². The van der Waals surface area contributed by atoms with Crippen molar-refractivity contribution in [2.75, 3.05) is 45.9 Å². The van der Waals surface area contributed by atoms with E-state index in [-0.39, 0.29) is 5.91 Å². The van der Waals surface area contributed by atoms with Crippen LogP contribution in [0.5, 0.6) is 0 Å². The second-order valence-corrected chi connectivity index (χ2v) is 6.62. The summed E-state index contributed by atoms with van der Waals surface area (Å²) in [5.74, 6) is 1.58. The van der Waals surface area contributed by atoms with E-state index in [1.165, 1.54) is 0 Å². The minimum atomic E-state index is -0.426. The highest BCUT2D eigenvalue weighted by atomic mass is 16.5. The van der Waals surface area contributed by atoms with Crippen LogP contribution in [0.3, 0.4) is 0 Å². The number of nitrogens with two attached hydrogens (primary N) is 1. The third-order valence-corrected chi connectivity index (χ3v) is 5.13. The summed E-state index contributed by atoms with van der Waals surface area (Å²) in [5.41, 5.74) is 5.52. The number of carbonyl (C=O) groups is 1. The number of hydrogen-bond donors (Lipinski definition) is 1. The molecule has 0 radical (unpaired) electrons. The Balaban J connectivity index is 1.53. The van der Waals surface area contributed by atoms with Crippen LogP contribution in [0.25, 0.3) is 0 Å². The maximum Gasteiger partial charge on any atom is 0.230 e. The summed E-state index contributed by atoms with van der Waals surface area (Å²) in [5, 5.41) is 3.99. The molecule has 0 bridgehead atoms. The molecule has 3 heterocycles. The van der Waals surface area contributed by atoms with Gasteiger partial charge >= 0.3 is 0 Å². The lowest BCUT2D eigenvalue weighted by Crippen LogP contribution is -2.56. The van der Waals surface area contributed by atoms with Crippen LogP contribution >= 0.6 is 0 Å². The van der Waals surface area contributed by atoms with Crippen molar-refractivity contribution >= 4 is 5.91 Å². The third-order valence-electron chi connectivity index (χ3n) is 5.13. The highest BCUT2D eigenvalue weighted by Gasteiger charge is 2.42. The zero-order valence-corrected chi connectivity index (χ0v) is 14.4. The third kappa shape index (κ3) is 3.60. The van der Waals surface area contributed by atoms with E-state index in [4.69, 9.17) is 15.0 Å². The molecule has 2 saturated heterocycles. The average Bonchev–Trinajstić information content (AvgIpc) is 3.10. The van der Waals surface area contributed by atoms with Gasteiger partial charge in [-0.2, -0.15) is 4.98 Å². The maximum absolute atomic E-state index is 12.9. The number of aryl methyl sites for hydroxylation is 1. The van der Waals surface area contributed by atoms with Gasteiger partial charge in [-0.3, -0.25) is 9.69 Å². The summed E-state index contributed by atoms with van der Waals surface area (Å²) in [7, 11) is 0. The second kappa shape index (κ2) is 7.58. The maximum atomic E-state index is 12.9. The van der Waals surface area contributed by atoms with Crippen molar-refractivity contribution in [2.45, 2.75) is 32.7 Å². The highest BCUT2D eigenvalue weighted by Crippen LogP contribution is 2.32. The molecule has 1 aromatic heterocycles. The van der Waals surface area contributed by atoms with E-state index in [9.17, 15) is 4.79 Å². The smallest absolute Gasteiger partial charge is 0.230 e. The molecule has 0 unspecified atom stereocenters. The van der Waals surface area contributed by atoms with Gasteiger partial charge in [0.15, 0.2) is 5.82 Å². The first-order valence-electron chi connectivity index (χ1n) is 8.78. The normalized spacial score (nSPS) is 21.8. The summed E-state index contributed by atoms with van der Waals surface area (Å²) >= 11 is 0. The SMILES string of the molecule is CCc1nc(CN2CCN(C(=O)C3(CN)CCOCC3)CC2)no1. The summed E-state index contributed by atoms with van der Waals surface area (Å²) in [6, 6.07) is 0. The predicted molar refractivity (Wildman–Crippen MR) is 87.1 cm³/mol. The van der Waals surface area contributed by atoms with Crippen LogP contribution < -0.4 is 5.73 Å². The zero-order chi connectivity index (χ0) is 17.0. The predicted octanol–water partition coefficient (Wildman–Crippen LogP) is 0.0317. The van der Waals surface area contributed by atoms with Crippen molar-refractivity contribution in [1.82, 2.24) is 19.9 Å². The van der Waals surface area contributed by atoms with E-state index in [0.29, 0.717) is 32.2 Å². The highest BCUT2D eigenvalue weighted by molar-refractivity contribution is 5.83. The molecule has 2 aliphatic heterocycles. The Morgan fingerprint density at radius 2 is 1.96 bits per heavy atom. The summed E-state index contributed by atoms with van der Waals surface area (Å²) in [6.45, 7) is 7.39. The molecule has 0 saturated carbocycles. The Morgan fingerprint density at radius 1 is 1.25 bits per heavy atom. The fourth-order valence-electron chi connectivity index (χ4n) is 3.41. The minimum absolute atomic E-state index is 0.195. The molecule has 2 fully saturated rings. The number of piperazine rings is 1.